The van der Waals surface area contributed by atoms with E-state index >= 15 is 0 Å². The smallest absolute Gasteiger partial charge is 0.257 e. The van der Waals surface area contributed by atoms with E-state index < -0.39 is 5.82 Å². The molecule has 0 bridgehead atoms. The molecule has 4 nitrogen and oxygen atoms in total. The summed E-state index contributed by atoms with van der Waals surface area (Å²) in [6.07, 6.45) is 1.68. The molecule has 3 rings (SSSR count). The van der Waals surface area contributed by atoms with Crippen LogP contribution < -0.4 is 9.47 Å². The van der Waals surface area contributed by atoms with Crippen LogP contribution in [0.5, 0.6) is 11.5 Å². The third-order valence-electron chi connectivity index (χ3n) is 4.41. The number of benzene rings is 2. The largest absolute Gasteiger partial charge is 0.497 e. The number of rotatable bonds is 4. The molecular weight excluding hydrogens is 309 g/mol. The maximum absolute atomic E-state index is 14.0. The summed E-state index contributed by atoms with van der Waals surface area (Å²) in [6.45, 7) is 0.595. The normalized spacial score (nSPS) is 17.0. The number of halogens is 1. The van der Waals surface area contributed by atoms with Crippen LogP contribution >= 0.6 is 0 Å². The first-order valence-electron chi connectivity index (χ1n) is 7.93. The molecule has 1 atom stereocenters. The summed E-state index contributed by atoms with van der Waals surface area (Å²) in [7, 11) is 3.20. The lowest BCUT2D eigenvalue weighted by atomic mass is 10.0. The molecule has 126 valence electrons. The number of hydrogen-bond donors (Lipinski definition) is 0. The van der Waals surface area contributed by atoms with Crippen molar-refractivity contribution < 1.29 is 18.7 Å². The Morgan fingerprint density at radius 3 is 2.67 bits per heavy atom. The third-order valence-corrected chi connectivity index (χ3v) is 4.41. The van der Waals surface area contributed by atoms with Gasteiger partial charge in [0, 0.05) is 12.1 Å². The maximum atomic E-state index is 14.0. The van der Waals surface area contributed by atoms with Crippen molar-refractivity contribution in [1.29, 1.82) is 0 Å². The van der Waals surface area contributed by atoms with Gasteiger partial charge in [-0.1, -0.05) is 12.1 Å². The summed E-state index contributed by atoms with van der Waals surface area (Å²) in [6, 6.07) is 11.5. The zero-order valence-corrected chi connectivity index (χ0v) is 13.8. The highest BCUT2D eigenvalue weighted by molar-refractivity contribution is 5.95. The monoisotopic (exact) mass is 329 g/mol. The van der Waals surface area contributed by atoms with Gasteiger partial charge in [-0.05, 0) is 43.2 Å². The molecule has 1 saturated heterocycles. The fraction of sp³-hybridized carbons (Fsp3) is 0.316. The fourth-order valence-corrected chi connectivity index (χ4v) is 3.22. The molecule has 1 aliphatic heterocycles. The Labute approximate surface area is 140 Å². The first-order valence-corrected chi connectivity index (χ1v) is 7.93. The van der Waals surface area contributed by atoms with Crippen molar-refractivity contribution in [3.63, 3.8) is 0 Å². The molecule has 1 aliphatic rings. The van der Waals surface area contributed by atoms with Crippen LogP contribution in [0.3, 0.4) is 0 Å². The van der Waals surface area contributed by atoms with Gasteiger partial charge in [-0.2, -0.15) is 0 Å². The van der Waals surface area contributed by atoms with Crippen molar-refractivity contribution in [1.82, 2.24) is 4.90 Å². The van der Waals surface area contributed by atoms with Crippen LogP contribution in [0.4, 0.5) is 4.39 Å². The predicted octanol–water partition coefficient (Wildman–Crippen LogP) is 3.82. The number of amides is 1. The van der Waals surface area contributed by atoms with Gasteiger partial charge >= 0.3 is 0 Å². The Bertz CT molecular complexity index is 747. The summed E-state index contributed by atoms with van der Waals surface area (Å²) in [5.74, 6) is 0.622. The second kappa shape index (κ2) is 6.91. The van der Waals surface area contributed by atoms with E-state index in [1.165, 1.54) is 12.1 Å². The molecule has 0 radical (unpaired) electrons. The molecule has 0 saturated carbocycles. The van der Waals surface area contributed by atoms with Crippen molar-refractivity contribution in [2.45, 2.75) is 18.9 Å². The summed E-state index contributed by atoms with van der Waals surface area (Å²) >= 11 is 0. The van der Waals surface area contributed by atoms with Crippen molar-refractivity contribution >= 4 is 5.91 Å². The number of hydrogen-bond acceptors (Lipinski definition) is 3. The fourth-order valence-electron chi connectivity index (χ4n) is 3.22. The Kier molecular flexibility index (Phi) is 4.69. The summed E-state index contributed by atoms with van der Waals surface area (Å²) in [5.41, 5.74) is 0.991. The Morgan fingerprint density at radius 1 is 1.17 bits per heavy atom. The lowest BCUT2D eigenvalue weighted by Gasteiger charge is -2.27. The lowest BCUT2D eigenvalue weighted by Crippen LogP contribution is -2.31. The molecule has 1 amide bonds. The minimum absolute atomic E-state index is 0.103. The second-order valence-electron chi connectivity index (χ2n) is 5.74. The van der Waals surface area contributed by atoms with Gasteiger partial charge in [-0.25, -0.2) is 4.39 Å². The summed E-state index contributed by atoms with van der Waals surface area (Å²) in [4.78, 5) is 14.5. The number of methoxy groups -OCH3 is 2. The van der Waals surface area contributed by atoms with Gasteiger partial charge in [0.15, 0.2) is 0 Å². The van der Waals surface area contributed by atoms with Crippen LogP contribution in [0.25, 0.3) is 0 Å². The highest BCUT2D eigenvalue weighted by atomic mass is 19.1. The maximum Gasteiger partial charge on any atom is 0.257 e. The Hall–Kier alpha value is -2.56. The van der Waals surface area contributed by atoms with Gasteiger partial charge in [-0.3, -0.25) is 4.79 Å². The molecule has 0 aliphatic carbocycles. The van der Waals surface area contributed by atoms with E-state index in [-0.39, 0.29) is 17.5 Å². The van der Waals surface area contributed by atoms with Gasteiger partial charge in [0.05, 0.1) is 25.8 Å². The van der Waals surface area contributed by atoms with E-state index in [1.807, 2.05) is 18.2 Å². The van der Waals surface area contributed by atoms with E-state index in [2.05, 4.69) is 0 Å². The number of ether oxygens (including phenoxy) is 2. The molecule has 0 N–H and O–H groups in total. The quantitative estimate of drug-likeness (QED) is 0.856. The minimum atomic E-state index is -0.495. The first-order chi connectivity index (χ1) is 11.7. The topological polar surface area (TPSA) is 38.8 Å². The van der Waals surface area contributed by atoms with Crippen molar-refractivity contribution in [2.75, 3.05) is 20.8 Å². The number of carbonyl (C=O) groups is 1. The SMILES string of the molecule is COc1ccc(OC)c(C2CCCN2C(=O)c2ccccc2F)c1. The summed E-state index contributed by atoms with van der Waals surface area (Å²) in [5, 5.41) is 0. The molecule has 2 aromatic carbocycles. The Morgan fingerprint density at radius 2 is 1.96 bits per heavy atom. The van der Waals surface area contributed by atoms with Gasteiger partial charge < -0.3 is 14.4 Å². The average Bonchev–Trinajstić information content (AvgIpc) is 3.10. The van der Waals surface area contributed by atoms with Crippen LogP contribution in [0.1, 0.15) is 34.8 Å². The van der Waals surface area contributed by atoms with Crippen LogP contribution in [0.2, 0.25) is 0 Å². The number of nitrogens with zero attached hydrogens (tertiary/aromatic N) is 1. The van der Waals surface area contributed by atoms with E-state index in [4.69, 9.17) is 9.47 Å². The zero-order valence-electron chi connectivity index (χ0n) is 13.8. The summed E-state index contributed by atoms with van der Waals surface area (Å²) < 4.78 is 24.7. The second-order valence-corrected chi connectivity index (χ2v) is 5.74. The van der Waals surface area contributed by atoms with E-state index in [0.29, 0.717) is 18.0 Å². The third kappa shape index (κ3) is 2.94. The number of likely N-dealkylation sites (tertiary alicyclic amines) is 1. The van der Waals surface area contributed by atoms with Crippen molar-refractivity contribution in [3.8, 4) is 11.5 Å². The standard InChI is InChI=1S/C19H20FNO3/c1-23-13-9-10-18(24-2)15(12-13)17-8-5-11-21(17)19(22)14-6-3-4-7-16(14)20/h3-4,6-7,9-10,12,17H,5,8,11H2,1-2H3. The molecule has 2 aromatic rings. The first kappa shape index (κ1) is 16.3. The van der Waals surface area contributed by atoms with E-state index in [0.717, 1.165) is 18.4 Å². The number of carbonyl (C=O) groups excluding carboxylic acids is 1. The van der Waals surface area contributed by atoms with E-state index in [9.17, 15) is 9.18 Å². The van der Waals surface area contributed by atoms with Crippen molar-refractivity contribution in [3.05, 3.63) is 59.4 Å². The lowest BCUT2D eigenvalue weighted by molar-refractivity contribution is 0.0729. The molecule has 1 heterocycles. The van der Waals surface area contributed by atoms with Gasteiger partial charge in [0.2, 0.25) is 0 Å². The zero-order chi connectivity index (χ0) is 17.1. The Balaban J connectivity index is 1.97. The van der Waals surface area contributed by atoms with Crippen LogP contribution in [-0.4, -0.2) is 31.6 Å². The minimum Gasteiger partial charge on any atom is -0.497 e. The van der Waals surface area contributed by atoms with Crippen LogP contribution in [-0.2, 0) is 0 Å². The molecule has 5 heteroatoms. The highest BCUT2D eigenvalue weighted by Gasteiger charge is 2.33. The molecule has 24 heavy (non-hydrogen) atoms. The molecule has 0 spiro atoms. The molecule has 1 fully saturated rings. The predicted molar refractivity (Wildman–Crippen MR) is 89.0 cm³/mol. The van der Waals surface area contributed by atoms with Crippen molar-refractivity contribution in [2.24, 2.45) is 0 Å². The molecular formula is C19H20FNO3. The van der Waals surface area contributed by atoms with Crippen LogP contribution in [0, 0.1) is 5.82 Å². The van der Waals surface area contributed by atoms with Crippen LogP contribution in [0.15, 0.2) is 42.5 Å². The molecule has 0 aromatic heterocycles. The molecule has 1 unspecified atom stereocenters. The van der Waals surface area contributed by atoms with Gasteiger partial charge in [-0.15, -0.1) is 0 Å². The van der Waals surface area contributed by atoms with E-state index in [1.54, 1.807) is 31.3 Å². The van der Waals surface area contributed by atoms with Gasteiger partial charge in [0.1, 0.15) is 17.3 Å². The average molecular weight is 329 g/mol. The van der Waals surface area contributed by atoms with Gasteiger partial charge in [0.25, 0.3) is 5.91 Å². The highest BCUT2D eigenvalue weighted by Crippen LogP contribution is 2.39.